The van der Waals surface area contributed by atoms with Crippen LogP contribution in [0.1, 0.15) is 25.6 Å². The van der Waals surface area contributed by atoms with Crippen LogP contribution in [0.4, 0.5) is 0 Å². The fourth-order valence-corrected chi connectivity index (χ4v) is 1.98. The van der Waals surface area contributed by atoms with E-state index in [4.69, 9.17) is 0 Å². The Morgan fingerprint density at radius 3 is 2.61 bits per heavy atom. The molecule has 1 aromatic carbocycles. The van der Waals surface area contributed by atoms with Gasteiger partial charge >= 0.3 is 0 Å². The van der Waals surface area contributed by atoms with Crippen molar-refractivity contribution in [2.75, 3.05) is 14.1 Å². The number of imidazole rings is 1. The number of rotatable bonds is 3. The highest BCUT2D eigenvalue weighted by Crippen LogP contribution is 2.21. The summed E-state index contributed by atoms with van der Waals surface area (Å²) in [6, 6.07) is 7.94. The molecular formula is C14H19N3O. The number of para-hydroxylation sites is 2. The van der Waals surface area contributed by atoms with Crippen LogP contribution < -0.4 is 0 Å². The summed E-state index contributed by atoms with van der Waals surface area (Å²) in [5.74, 6) is 1.35. The zero-order valence-corrected chi connectivity index (χ0v) is 11.3. The van der Waals surface area contributed by atoms with Crippen molar-refractivity contribution in [1.82, 2.24) is 14.5 Å². The molecule has 0 aliphatic heterocycles. The molecule has 0 unspecified atom stereocenters. The van der Waals surface area contributed by atoms with Crippen LogP contribution in [-0.4, -0.2) is 34.5 Å². The van der Waals surface area contributed by atoms with E-state index >= 15 is 0 Å². The maximum absolute atomic E-state index is 11.9. The van der Waals surface area contributed by atoms with Gasteiger partial charge in [-0.1, -0.05) is 26.0 Å². The third kappa shape index (κ3) is 2.23. The fraction of sp³-hybridized carbons (Fsp3) is 0.429. The first-order valence-corrected chi connectivity index (χ1v) is 6.16. The van der Waals surface area contributed by atoms with E-state index in [1.165, 1.54) is 0 Å². The lowest BCUT2D eigenvalue weighted by molar-refractivity contribution is -0.129. The van der Waals surface area contributed by atoms with Crippen LogP contribution in [0.15, 0.2) is 24.3 Å². The lowest BCUT2D eigenvalue weighted by atomic mass is 10.2. The number of amides is 1. The molecule has 0 radical (unpaired) electrons. The first-order chi connectivity index (χ1) is 8.50. The van der Waals surface area contributed by atoms with Gasteiger partial charge < -0.3 is 9.47 Å². The van der Waals surface area contributed by atoms with Gasteiger partial charge in [-0.2, -0.15) is 0 Å². The molecule has 0 N–H and O–H groups in total. The second-order valence-corrected chi connectivity index (χ2v) is 4.99. The SMILES string of the molecule is CC(C)c1nc2ccccc2n1CC(=O)N(C)C. The van der Waals surface area contributed by atoms with Crippen molar-refractivity contribution in [2.24, 2.45) is 0 Å². The Hall–Kier alpha value is -1.84. The van der Waals surface area contributed by atoms with Crippen molar-refractivity contribution >= 4 is 16.9 Å². The van der Waals surface area contributed by atoms with Crippen molar-refractivity contribution < 1.29 is 4.79 Å². The Labute approximate surface area is 107 Å². The molecule has 0 spiro atoms. The monoisotopic (exact) mass is 245 g/mol. The maximum atomic E-state index is 11.9. The van der Waals surface area contributed by atoms with E-state index in [-0.39, 0.29) is 5.91 Å². The number of aromatic nitrogens is 2. The summed E-state index contributed by atoms with van der Waals surface area (Å²) in [5.41, 5.74) is 1.98. The van der Waals surface area contributed by atoms with Gasteiger partial charge in [0, 0.05) is 20.0 Å². The molecule has 0 atom stereocenters. The lowest BCUT2D eigenvalue weighted by Crippen LogP contribution is -2.27. The number of nitrogens with zero attached hydrogens (tertiary/aromatic N) is 3. The Kier molecular flexibility index (Phi) is 3.36. The minimum absolute atomic E-state index is 0.0834. The Morgan fingerprint density at radius 2 is 2.00 bits per heavy atom. The van der Waals surface area contributed by atoms with Gasteiger partial charge in [-0.25, -0.2) is 4.98 Å². The van der Waals surface area contributed by atoms with E-state index < -0.39 is 0 Å². The molecule has 0 saturated heterocycles. The number of benzene rings is 1. The average molecular weight is 245 g/mol. The minimum Gasteiger partial charge on any atom is -0.347 e. The summed E-state index contributed by atoms with van der Waals surface area (Å²) >= 11 is 0. The number of hydrogen-bond acceptors (Lipinski definition) is 2. The van der Waals surface area contributed by atoms with E-state index in [1.54, 1.807) is 19.0 Å². The predicted molar refractivity (Wildman–Crippen MR) is 72.5 cm³/mol. The van der Waals surface area contributed by atoms with Crippen molar-refractivity contribution in [1.29, 1.82) is 0 Å². The van der Waals surface area contributed by atoms with Crippen LogP contribution in [0.5, 0.6) is 0 Å². The number of hydrogen-bond donors (Lipinski definition) is 0. The summed E-state index contributed by atoms with van der Waals surface area (Å²) in [6.45, 7) is 4.54. The number of carbonyl (C=O) groups is 1. The van der Waals surface area contributed by atoms with Crippen molar-refractivity contribution in [3.63, 3.8) is 0 Å². The molecule has 4 heteroatoms. The fourth-order valence-electron chi connectivity index (χ4n) is 1.98. The normalized spacial score (nSPS) is 11.2. The van der Waals surface area contributed by atoms with Gasteiger partial charge in [-0.15, -0.1) is 0 Å². The van der Waals surface area contributed by atoms with Gasteiger partial charge in [-0.05, 0) is 12.1 Å². The van der Waals surface area contributed by atoms with E-state index in [0.717, 1.165) is 16.9 Å². The molecule has 1 amide bonds. The highest BCUT2D eigenvalue weighted by Gasteiger charge is 2.16. The quantitative estimate of drug-likeness (QED) is 0.831. The van der Waals surface area contributed by atoms with Gasteiger partial charge in [-0.3, -0.25) is 4.79 Å². The molecule has 0 saturated carbocycles. The van der Waals surface area contributed by atoms with E-state index in [0.29, 0.717) is 12.5 Å². The van der Waals surface area contributed by atoms with Gasteiger partial charge in [0.25, 0.3) is 0 Å². The molecule has 0 aliphatic rings. The average Bonchev–Trinajstić information content (AvgIpc) is 2.68. The zero-order valence-electron chi connectivity index (χ0n) is 11.3. The van der Waals surface area contributed by atoms with Gasteiger partial charge in [0.15, 0.2) is 0 Å². The van der Waals surface area contributed by atoms with Gasteiger partial charge in [0.2, 0.25) is 5.91 Å². The number of fused-ring (bicyclic) bond motifs is 1. The number of likely N-dealkylation sites (N-methyl/N-ethyl adjacent to an activating group) is 1. The highest BCUT2D eigenvalue weighted by molar-refractivity contribution is 5.81. The zero-order chi connectivity index (χ0) is 13.3. The summed E-state index contributed by atoms with van der Waals surface area (Å²) < 4.78 is 2.02. The van der Waals surface area contributed by atoms with Crippen LogP contribution >= 0.6 is 0 Å². The van der Waals surface area contributed by atoms with E-state index in [2.05, 4.69) is 18.8 Å². The largest absolute Gasteiger partial charge is 0.347 e. The van der Waals surface area contributed by atoms with Crippen LogP contribution in [0.3, 0.4) is 0 Å². The Bertz CT molecular complexity index is 569. The second-order valence-electron chi connectivity index (χ2n) is 4.99. The van der Waals surface area contributed by atoms with E-state index in [9.17, 15) is 4.79 Å². The van der Waals surface area contributed by atoms with Crippen LogP contribution in [-0.2, 0) is 11.3 Å². The predicted octanol–water partition coefficient (Wildman–Crippen LogP) is 2.25. The Morgan fingerprint density at radius 1 is 1.33 bits per heavy atom. The first-order valence-electron chi connectivity index (χ1n) is 6.16. The highest BCUT2D eigenvalue weighted by atomic mass is 16.2. The minimum atomic E-state index is 0.0834. The maximum Gasteiger partial charge on any atom is 0.242 e. The van der Waals surface area contributed by atoms with E-state index in [1.807, 2.05) is 28.8 Å². The molecule has 0 bridgehead atoms. The van der Waals surface area contributed by atoms with Crippen LogP contribution in [0.25, 0.3) is 11.0 Å². The third-order valence-corrected chi connectivity index (χ3v) is 2.99. The lowest BCUT2D eigenvalue weighted by Gasteiger charge is -2.14. The number of carbonyl (C=O) groups excluding carboxylic acids is 1. The molecular weight excluding hydrogens is 226 g/mol. The molecule has 18 heavy (non-hydrogen) atoms. The van der Waals surface area contributed by atoms with Gasteiger partial charge in [0.1, 0.15) is 12.4 Å². The summed E-state index contributed by atoms with van der Waals surface area (Å²) in [5, 5.41) is 0. The Balaban J connectivity index is 2.52. The van der Waals surface area contributed by atoms with Crippen LogP contribution in [0.2, 0.25) is 0 Å². The summed E-state index contributed by atoms with van der Waals surface area (Å²) in [6.07, 6.45) is 0. The second kappa shape index (κ2) is 4.80. The molecule has 1 heterocycles. The van der Waals surface area contributed by atoms with Crippen LogP contribution in [0, 0.1) is 0 Å². The molecule has 1 aromatic heterocycles. The third-order valence-electron chi connectivity index (χ3n) is 2.99. The summed E-state index contributed by atoms with van der Waals surface area (Å²) in [4.78, 5) is 18.1. The molecule has 2 aromatic rings. The van der Waals surface area contributed by atoms with Gasteiger partial charge in [0.05, 0.1) is 11.0 Å². The molecule has 0 fully saturated rings. The molecule has 4 nitrogen and oxygen atoms in total. The molecule has 96 valence electrons. The molecule has 0 aliphatic carbocycles. The standard InChI is InChI=1S/C14H19N3O/c1-10(2)14-15-11-7-5-6-8-12(11)17(14)9-13(18)16(3)4/h5-8,10H,9H2,1-4H3. The van der Waals surface area contributed by atoms with Crippen molar-refractivity contribution in [3.8, 4) is 0 Å². The van der Waals surface area contributed by atoms with Crippen molar-refractivity contribution in [2.45, 2.75) is 26.3 Å². The molecule has 2 rings (SSSR count). The smallest absolute Gasteiger partial charge is 0.242 e. The topological polar surface area (TPSA) is 38.1 Å². The first kappa shape index (κ1) is 12.6. The van der Waals surface area contributed by atoms with Crippen molar-refractivity contribution in [3.05, 3.63) is 30.1 Å². The summed E-state index contributed by atoms with van der Waals surface area (Å²) in [7, 11) is 3.55.